The Morgan fingerprint density at radius 2 is 2.21 bits per heavy atom. The van der Waals surface area contributed by atoms with E-state index in [-0.39, 0.29) is 6.61 Å². The molecule has 0 saturated heterocycles. The van der Waals surface area contributed by atoms with E-state index in [0.29, 0.717) is 0 Å². The normalized spacial score (nSPS) is 11.0. The molecule has 14 heavy (non-hydrogen) atoms. The zero-order valence-corrected chi connectivity index (χ0v) is 9.41. The number of thiophene rings is 1. The van der Waals surface area contributed by atoms with Gasteiger partial charge < -0.3 is 10.8 Å². The highest BCUT2D eigenvalue weighted by atomic mass is 32.2. The van der Waals surface area contributed by atoms with Gasteiger partial charge in [0.2, 0.25) is 0 Å². The minimum absolute atomic E-state index is 0.0826. The van der Waals surface area contributed by atoms with Gasteiger partial charge in [0, 0.05) is 9.60 Å². The van der Waals surface area contributed by atoms with E-state index in [4.69, 9.17) is 10.8 Å². The van der Waals surface area contributed by atoms with Gasteiger partial charge in [0.05, 0.1) is 11.6 Å². The molecule has 2 rings (SSSR count). The third-order valence-corrected chi connectivity index (χ3v) is 3.97. The van der Waals surface area contributed by atoms with Crippen LogP contribution in [-0.4, -0.2) is 11.4 Å². The highest BCUT2D eigenvalue weighted by molar-refractivity contribution is 7.99. The molecule has 0 saturated carbocycles. The van der Waals surface area contributed by atoms with Gasteiger partial charge in [-0.3, -0.25) is 0 Å². The summed E-state index contributed by atoms with van der Waals surface area (Å²) in [5.74, 6) is 0. The fourth-order valence-corrected chi connectivity index (χ4v) is 3.21. The van der Waals surface area contributed by atoms with Crippen LogP contribution >= 0.6 is 23.1 Å². The molecule has 2 aromatic rings. The molecule has 1 aromatic carbocycles. The summed E-state index contributed by atoms with van der Waals surface area (Å²) in [5, 5.41) is 11.0. The molecular formula is C10H11NOS2. The molecule has 0 aliphatic rings. The van der Waals surface area contributed by atoms with Crippen molar-refractivity contribution in [2.45, 2.75) is 11.5 Å². The molecule has 0 aliphatic carbocycles. The number of rotatable bonds is 2. The Bertz CT molecular complexity index is 464. The van der Waals surface area contributed by atoms with Crippen LogP contribution in [0.15, 0.2) is 23.1 Å². The molecule has 0 fully saturated rings. The molecule has 4 heteroatoms. The van der Waals surface area contributed by atoms with Gasteiger partial charge in [-0.2, -0.15) is 0 Å². The Morgan fingerprint density at radius 1 is 1.43 bits per heavy atom. The largest absolute Gasteiger partial charge is 0.392 e. The van der Waals surface area contributed by atoms with Crippen molar-refractivity contribution in [2.24, 2.45) is 0 Å². The van der Waals surface area contributed by atoms with Crippen molar-refractivity contribution in [3.05, 3.63) is 23.8 Å². The van der Waals surface area contributed by atoms with Crippen LogP contribution in [0.1, 0.15) is 5.56 Å². The summed E-state index contributed by atoms with van der Waals surface area (Å²) < 4.78 is 1.22. The molecule has 0 spiro atoms. The standard InChI is InChI=1S/C10H11NOS2/c1-13-8-3-6(5-12)2-7-4-9(11)14-10(7)8/h2-4,12H,5,11H2,1H3. The molecule has 1 aromatic heterocycles. The Labute approximate surface area is 90.7 Å². The Balaban J connectivity index is 2.72. The molecule has 0 amide bonds. The predicted molar refractivity (Wildman–Crippen MR) is 63.9 cm³/mol. The third kappa shape index (κ3) is 1.61. The summed E-state index contributed by atoms with van der Waals surface area (Å²) in [6.07, 6.45) is 2.03. The van der Waals surface area contributed by atoms with Crippen molar-refractivity contribution in [2.75, 3.05) is 12.0 Å². The molecule has 0 bridgehead atoms. The first-order valence-corrected chi connectivity index (χ1v) is 6.25. The molecule has 74 valence electrons. The first kappa shape index (κ1) is 9.83. The van der Waals surface area contributed by atoms with Crippen LogP contribution in [0.5, 0.6) is 0 Å². The second-order valence-corrected chi connectivity index (χ2v) is 4.96. The van der Waals surface area contributed by atoms with Gasteiger partial charge in [-0.15, -0.1) is 23.1 Å². The molecule has 2 nitrogen and oxygen atoms in total. The van der Waals surface area contributed by atoms with Crippen molar-refractivity contribution < 1.29 is 5.11 Å². The lowest BCUT2D eigenvalue weighted by Crippen LogP contribution is -1.83. The fourth-order valence-electron chi connectivity index (χ4n) is 1.44. The second kappa shape index (κ2) is 3.81. The number of aliphatic hydroxyl groups excluding tert-OH is 1. The summed E-state index contributed by atoms with van der Waals surface area (Å²) in [4.78, 5) is 1.19. The number of thioether (sulfide) groups is 1. The van der Waals surface area contributed by atoms with Crippen LogP contribution in [0.2, 0.25) is 0 Å². The summed E-state index contributed by atoms with van der Waals surface area (Å²) in [6.45, 7) is 0.0826. The summed E-state index contributed by atoms with van der Waals surface area (Å²) in [6, 6.07) is 5.96. The zero-order valence-electron chi connectivity index (χ0n) is 7.78. The van der Waals surface area contributed by atoms with E-state index in [2.05, 4.69) is 0 Å². The number of anilines is 1. The Morgan fingerprint density at radius 3 is 2.86 bits per heavy atom. The molecule has 0 unspecified atom stereocenters. The number of aliphatic hydroxyl groups is 1. The van der Waals surface area contributed by atoms with Crippen LogP contribution in [0.3, 0.4) is 0 Å². The van der Waals surface area contributed by atoms with E-state index in [9.17, 15) is 0 Å². The van der Waals surface area contributed by atoms with Crippen molar-refractivity contribution >= 4 is 38.2 Å². The monoisotopic (exact) mass is 225 g/mol. The first-order valence-electron chi connectivity index (χ1n) is 4.21. The number of benzene rings is 1. The Hall–Kier alpha value is -0.710. The summed E-state index contributed by atoms with van der Waals surface area (Å²) in [5.41, 5.74) is 6.70. The zero-order chi connectivity index (χ0) is 10.1. The van der Waals surface area contributed by atoms with Crippen LogP contribution in [-0.2, 0) is 6.61 Å². The van der Waals surface area contributed by atoms with E-state index < -0.39 is 0 Å². The molecule has 0 aliphatic heterocycles. The van der Waals surface area contributed by atoms with Gasteiger partial charge in [0.25, 0.3) is 0 Å². The molecule has 1 heterocycles. The number of nitrogens with two attached hydrogens (primary N) is 1. The second-order valence-electron chi connectivity index (χ2n) is 3.02. The fraction of sp³-hybridized carbons (Fsp3) is 0.200. The Kier molecular flexibility index (Phi) is 2.67. The molecule has 0 radical (unpaired) electrons. The SMILES string of the molecule is CSc1cc(CO)cc2cc(N)sc12. The van der Waals surface area contributed by atoms with Crippen LogP contribution in [0, 0.1) is 0 Å². The van der Waals surface area contributed by atoms with Crippen molar-refractivity contribution in [3.63, 3.8) is 0 Å². The summed E-state index contributed by atoms with van der Waals surface area (Å²) in [7, 11) is 0. The van der Waals surface area contributed by atoms with E-state index in [1.54, 1.807) is 23.1 Å². The lowest BCUT2D eigenvalue weighted by molar-refractivity contribution is 0.282. The van der Waals surface area contributed by atoms with Crippen LogP contribution in [0.4, 0.5) is 5.00 Å². The number of hydrogen-bond donors (Lipinski definition) is 2. The predicted octanol–water partition coefficient (Wildman–Crippen LogP) is 2.70. The number of hydrogen-bond acceptors (Lipinski definition) is 4. The van der Waals surface area contributed by atoms with Crippen LogP contribution < -0.4 is 5.73 Å². The highest BCUT2D eigenvalue weighted by Gasteiger charge is 2.06. The minimum atomic E-state index is 0.0826. The van der Waals surface area contributed by atoms with Gasteiger partial charge in [0.15, 0.2) is 0 Å². The molecular weight excluding hydrogens is 214 g/mol. The highest BCUT2D eigenvalue weighted by Crippen LogP contribution is 2.35. The van der Waals surface area contributed by atoms with Gasteiger partial charge in [-0.25, -0.2) is 0 Å². The van der Waals surface area contributed by atoms with Gasteiger partial charge >= 0.3 is 0 Å². The minimum Gasteiger partial charge on any atom is -0.392 e. The maximum atomic E-state index is 9.09. The van der Waals surface area contributed by atoms with E-state index in [1.807, 2.05) is 24.5 Å². The molecule has 3 N–H and O–H groups in total. The van der Waals surface area contributed by atoms with E-state index in [1.165, 1.54) is 9.60 Å². The smallest absolute Gasteiger partial charge is 0.0869 e. The lowest BCUT2D eigenvalue weighted by atomic mass is 10.2. The molecule has 0 atom stereocenters. The number of nitrogen functional groups attached to an aromatic ring is 1. The maximum Gasteiger partial charge on any atom is 0.0869 e. The van der Waals surface area contributed by atoms with Gasteiger partial charge in [0.1, 0.15) is 0 Å². The van der Waals surface area contributed by atoms with Gasteiger partial charge in [-0.1, -0.05) is 0 Å². The van der Waals surface area contributed by atoms with E-state index in [0.717, 1.165) is 16.0 Å². The van der Waals surface area contributed by atoms with Crippen molar-refractivity contribution in [3.8, 4) is 0 Å². The van der Waals surface area contributed by atoms with Crippen LogP contribution in [0.25, 0.3) is 10.1 Å². The quantitative estimate of drug-likeness (QED) is 0.772. The average Bonchev–Trinajstić information content (AvgIpc) is 2.56. The summed E-state index contributed by atoms with van der Waals surface area (Å²) >= 11 is 3.28. The first-order chi connectivity index (χ1) is 6.74. The number of fused-ring (bicyclic) bond motifs is 1. The van der Waals surface area contributed by atoms with Crippen molar-refractivity contribution in [1.29, 1.82) is 0 Å². The third-order valence-electron chi connectivity index (χ3n) is 2.06. The van der Waals surface area contributed by atoms with Gasteiger partial charge in [-0.05, 0) is 35.4 Å². The topological polar surface area (TPSA) is 46.2 Å². The maximum absolute atomic E-state index is 9.09. The van der Waals surface area contributed by atoms with Crippen molar-refractivity contribution in [1.82, 2.24) is 0 Å². The average molecular weight is 225 g/mol. The lowest BCUT2D eigenvalue weighted by Gasteiger charge is -2.02. The van der Waals surface area contributed by atoms with E-state index >= 15 is 0 Å².